The molecular formula is C34H34N2O7. The van der Waals surface area contributed by atoms with Crippen LogP contribution in [-0.2, 0) is 35.8 Å². The third-order valence-corrected chi connectivity index (χ3v) is 7.60. The van der Waals surface area contributed by atoms with Gasteiger partial charge in [-0.25, -0.2) is 14.8 Å². The Bertz CT molecular complexity index is 1550. The van der Waals surface area contributed by atoms with Crippen LogP contribution >= 0.6 is 0 Å². The maximum atomic E-state index is 12.8. The largest absolute Gasteiger partial charge is 0.465 e. The molecule has 0 radical (unpaired) electrons. The van der Waals surface area contributed by atoms with Gasteiger partial charge < -0.3 is 24.1 Å². The number of hydrogen-bond donors (Lipinski definition) is 1. The predicted octanol–water partition coefficient (Wildman–Crippen LogP) is 5.47. The number of methoxy groups -OCH3 is 2. The molecule has 0 aliphatic heterocycles. The predicted molar refractivity (Wildman–Crippen MR) is 158 cm³/mol. The average molecular weight is 583 g/mol. The quantitative estimate of drug-likeness (QED) is 0.171. The van der Waals surface area contributed by atoms with E-state index < -0.39 is 23.8 Å². The molecule has 0 saturated heterocycles. The van der Waals surface area contributed by atoms with E-state index in [-0.39, 0.29) is 24.1 Å². The van der Waals surface area contributed by atoms with Gasteiger partial charge in [0, 0.05) is 20.4 Å². The summed E-state index contributed by atoms with van der Waals surface area (Å²) in [5.74, 6) is -1.07. The van der Waals surface area contributed by atoms with Gasteiger partial charge in [-0.15, -0.1) is 0 Å². The summed E-state index contributed by atoms with van der Waals surface area (Å²) < 4.78 is 21.5. The summed E-state index contributed by atoms with van der Waals surface area (Å²) in [6.07, 6.45) is 0.925. The number of nitrogens with zero attached hydrogens (tertiary/aromatic N) is 2. The highest BCUT2D eigenvalue weighted by Gasteiger charge is 2.52. The molecule has 43 heavy (non-hydrogen) atoms. The molecule has 1 aliphatic rings. The fourth-order valence-electron chi connectivity index (χ4n) is 5.04. The van der Waals surface area contributed by atoms with E-state index in [4.69, 9.17) is 18.9 Å². The second-order valence-corrected chi connectivity index (χ2v) is 10.3. The first-order valence-electron chi connectivity index (χ1n) is 14.1. The van der Waals surface area contributed by atoms with Gasteiger partial charge in [0.1, 0.15) is 12.7 Å². The van der Waals surface area contributed by atoms with Crippen molar-refractivity contribution in [1.29, 1.82) is 0 Å². The molecule has 5 rings (SSSR count). The fourth-order valence-corrected chi connectivity index (χ4v) is 5.04. The molecule has 1 N–H and O–H groups in total. The Morgan fingerprint density at radius 2 is 1.51 bits per heavy atom. The summed E-state index contributed by atoms with van der Waals surface area (Å²) in [7, 11) is 2.93. The van der Waals surface area contributed by atoms with Crippen LogP contribution in [0, 0.1) is 0 Å². The van der Waals surface area contributed by atoms with E-state index in [2.05, 4.69) is 9.97 Å². The van der Waals surface area contributed by atoms with Crippen molar-refractivity contribution in [3.8, 4) is 11.1 Å². The fraction of sp³-hybridized carbons (Fsp3) is 0.294. The van der Waals surface area contributed by atoms with Crippen molar-refractivity contribution in [3.05, 3.63) is 119 Å². The Balaban J connectivity index is 1.36. The van der Waals surface area contributed by atoms with Crippen molar-refractivity contribution in [2.75, 3.05) is 20.8 Å². The number of esters is 2. The van der Waals surface area contributed by atoms with Gasteiger partial charge in [0.2, 0.25) is 5.82 Å². The zero-order chi connectivity index (χ0) is 30.4. The summed E-state index contributed by atoms with van der Waals surface area (Å²) in [5, 5.41) is 11.4. The molecule has 1 atom stereocenters. The number of ether oxygens (including phenoxy) is 4. The smallest absolute Gasteiger partial charge is 0.376 e. The van der Waals surface area contributed by atoms with Gasteiger partial charge in [-0.1, -0.05) is 78.9 Å². The van der Waals surface area contributed by atoms with Crippen LogP contribution in [0.4, 0.5) is 0 Å². The average Bonchev–Trinajstić information content (AvgIpc) is 3.87. The lowest BCUT2D eigenvalue weighted by atomic mass is 9.93. The Morgan fingerprint density at radius 1 is 0.884 bits per heavy atom. The number of carbonyl (C=O) groups excluding carboxylic acids is 2. The summed E-state index contributed by atoms with van der Waals surface area (Å²) >= 11 is 0. The summed E-state index contributed by atoms with van der Waals surface area (Å²) in [6.45, 7) is 2.25. The maximum absolute atomic E-state index is 12.8. The lowest BCUT2D eigenvalue weighted by Crippen LogP contribution is -2.23. The van der Waals surface area contributed by atoms with Crippen LogP contribution < -0.4 is 0 Å². The Labute approximate surface area is 250 Å². The number of aliphatic hydroxyl groups is 1. The molecular weight excluding hydrogens is 548 g/mol. The highest BCUT2D eigenvalue weighted by atomic mass is 16.7. The molecule has 0 spiro atoms. The topological polar surface area (TPSA) is 117 Å². The van der Waals surface area contributed by atoms with E-state index in [1.165, 1.54) is 20.4 Å². The molecule has 1 saturated carbocycles. The van der Waals surface area contributed by atoms with Gasteiger partial charge in [-0.05, 0) is 47.6 Å². The van der Waals surface area contributed by atoms with Crippen molar-refractivity contribution in [3.63, 3.8) is 0 Å². The normalized spacial score (nSPS) is 14.3. The molecule has 1 heterocycles. The van der Waals surface area contributed by atoms with Gasteiger partial charge >= 0.3 is 11.9 Å². The zero-order valence-electron chi connectivity index (χ0n) is 24.4. The minimum atomic E-state index is -1.21. The highest BCUT2D eigenvalue weighted by molar-refractivity contribution is 5.87. The minimum absolute atomic E-state index is 0.0632. The number of carbonyl (C=O) groups is 2. The van der Waals surface area contributed by atoms with Gasteiger partial charge in [0.15, 0.2) is 6.29 Å². The molecule has 9 nitrogen and oxygen atoms in total. The lowest BCUT2D eigenvalue weighted by Gasteiger charge is -2.20. The first-order valence-corrected chi connectivity index (χ1v) is 14.1. The van der Waals surface area contributed by atoms with E-state index in [9.17, 15) is 14.7 Å². The van der Waals surface area contributed by atoms with Crippen molar-refractivity contribution in [2.45, 2.75) is 44.2 Å². The van der Waals surface area contributed by atoms with Gasteiger partial charge in [0.25, 0.3) is 0 Å². The van der Waals surface area contributed by atoms with Gasteiger partial charge in [0.05, 0.1) is 23.3 Å². The van der Waals surface area contributed by atoms with E-state index in [1.807, 2.05) is 73.7 Å². The third kappa shape index (κ3) is 6.49. The van der Waals surface area contributed by atoms with E-state index in [0.29, 0.717) is 17.7 Å². The van der Waals surface area contributed by atoms with Crippen molar-refractivity contribution in [1.82, 2.24) is 9.97 Å². The molecule has 1 aromatic heterocycles. The summed E-state index contributed by atoms with van der Waals surface area (Å²) in [6, 6.07) is 24.6. The van der Waals surface area contributed by atoms with Crippen LogP contribution in [0.25, 0.3) is 11.1 Å². The van der Waals surface area contributed by atoms with Gasteiger partial charge in [-0.2, -0.15) is 0 Å². The Hall–Kier alpha value is -4.44. The first-order chi connectivity index (χ1) is 20.9. The first kappa shape index (κ1) is 30.0. The molecule has 1 fully saturated rings. The lowest BCUT2D eigenvalue weighted by molar-refractivity contribution is -0.146. The van der Waals surface area contributed by atoms with Crippen LogP contribution in [0.5, 0.6) is 0 Å². The Kier molecular flexibility index (Phi) is 9.25. The van der Waals surface area contributed by atoms with Crippen LogP contribution in [0.3, 0.4) is 0 Å². The third-order valence-electron chi connectivity index (χ3n) is 7.60. The second-order valence-electron chi connectivity index (χ2n) is 10.3. The van der Waals surface area contributed by atoms with Crippen LogP contribution in [0.15, 0.2) is 85.1 Å². The Morgan fingerprint density at radius 3 is 2.09 bits per heavy atom. The van der Waals surface area contributed by atoms with E-state index in [0.717, 1.165) is 35.1 Å². The summed E-state index contributed by atoms with van der Waals surface area (Å²) in [4.78, 5) is 33.8. The van der Waals surface area contributed by atoms with Crippen LogP contribution in [-0.4, -0.2) is 47.8 Å². The number of aromatic nitrogens is 2. The van der Waals surface area contributed by atoms with Gasteiger partial charge in [-0.3, -0.25) is 4.79 Å². The maximum Gasteiger partial charge on any atom is 0.376 e. The van der Waals surface area contributed by atoms with E-state index >= 15 is 0 Å². The molecule has 1 unspecified atom stereocenters. The SMILES string of the molecule is CCOC(=O)C1(c2ccc(-c3ccc(C(O)c4nc(C(=O)OCc5ccccc5)ncc4C(OC)OC)cc3)cc2)CC1. The molecule has 0 amide bonds. The standard InChI is InChI=1S/C34H34N2O7/c1-4-42-33(39)34(18-19-34)26-16-14-24(15-17-26)23-10-12-25(13-11-23)29(37)28-27(32(40-2)41-3)20-35-30(36-28)31(38)43-21-22-8-6-5-7-9-22/h5-17,20,29,32,37H,4,18-19,21H2,1-3H3. The van der Waals surface area contributed by atoms with Crippen LogP contribution in [0.1, 0.15) is 70.7 Å². The van der Waals surface area contributed by atoms with Crippen molar-refractivity contribution < 1.29 is 33.6 Å². The zero-order valence-corrected chi connectivity index (χ0v) is 24.4. The van der Waals surface area contributed by atoms with Crippen molar-refractivity contribution in [2.24, 2.45) is 0 Å². The number of aliphatic hydroxyl groups excluding tert-OH is 1. The van der Waals surface area contributed by atoms with E-state index in [1.54, 1.807) is 12.1 Å². The molecule has 1 aliphatic carbocycles. The molecule has 9 heteroatoms. The molecule has 0 bridgehead atoms. The number of benzene rings is 3. The second kappa shape index (κ2) is 13.2. The molecule has 4 aromatic rings. The number of hydrogen-bond acceptors (Lipinski definition) is 9. The molecule has 222 valence electrons. The molecule has 3 aromatic carbocycles. The summed E-state index contributed by atoms with van der Waals surface area (Å²) in [5.41, 5.74) is 4.27. The van der Waals surface area contributed by atoms with Crippen molar-refractivity contribution >= 4 is 11.9 Å². The van der Waals surface area contributed by atoms with Crippen LogP contribution in [0.2, 0.25) is 0 Å². The monoisotopic (exact) mass is 582 g/mol. The number of rotatable bonds is 12. The highest BCUT2D eigenvalue weighted by Crippen LogP contribution is 2.49. The minimum Gasteiger partial charge on any atom is -0.465 e.